The van der Waals surface area contributed by atoms with Gasteiger partial charge in [0.25, 0.3) is 5.91 Å². The van der Waals surface area contributed by atoms with Crippen LogP contribution in [0, 0.1) is 6.92 Å². The number of methoxy groups -OCH3 is 1. The number of aromatic hydroxyl groups is 1. The molecule has 2 N–H and O–H groups in total. The lowest BCUT2D eigenvalue weighted by Crippen LogP contribution is -2.11. The van der Waals surface area contributed by atoms with E-state index in [9.17, 15) is 9.90 Å². The van der Waals surface area contributed by atoms with Crippen molar-refractivity contribution in [1.82, 2.24) is 0 Å². The SMILES string of the molecule is COc1ccsc1C(=O)Nc1ccc(C)cc1O. The molecule has 0 bridgehead atoms. The zero-order chi connectivity index (χ0) is 13.1. The number of ether oxygens (including phenoxy) is 1. The zero-order valence-corrected chi connectivity index (χ0v) is 10.9. The Balaban J connectivity index is 2.21. The molecule has 0 saturated carbocycles. The first-order chi connectivity index (χ1) is 8.61. The van der Waals surface area contributed by atoms with E-state index in [-0.39, 0.29) is 11.7 Å². The Morgan fingerprint density at radius 2 is 2.17 bits per heavy atom. The Bertz CT molecular complexity index is 577. The minimum absolute atomic E-state index is 0.0545. The lowest BCUT2D eigenvalue weighted by atomic mass is 10.2. The highest BCUT2D eigenvalue weighted by atomic mass is 32.1. The van der Waals surface area contributed by atoms with Gasteiger partial charge in [0.15, 0.2) is 0 Å². The van der Waals surface area contributed by atoms with Crippen molar-refractivity contribution in [2.45, 2.75) is 6.92 Å². The summed E-state index contributed by atoms with van der Waals surface area (Å²) in [6.45, 7) is 1.87. The Labute approximate surface area is 109 Å². The molecule has 2 rings (SSSR count). The number of anilines is 1. The van der Waals surface area contributed by atoms with Gasteiger partial charge >= 0.3 is 0 Å². The molecule has 1 amide bonds. The third-order valence-electron chi connectivity index (χ3n) is 2.46. The van der Waals surface area contributed by atoms with E-state index in [0.717, 1.165) is 5.56 Å². The van der Waals surface area contributed by atoms with Crippen LogP contribution in [-0.4, -0.2) is 18.1 Å². The van der Waals surface area contributed by atoms with E-state index in [2.05, 4.69) is 5.32 Å². The summed E-state index contributed by atoms with van der Waals surface area (Å²) in [7, 11) is 1.52. The standard InChI is InChI=1S/C13H13NO3S/c1-8-3-4-9(10(15)7-8)14-13(16)12-11(17-2)5-6-18-12/h3-7,15H,1-2H3,(H,14,16). The Kier molecular flexibility index (Phi) is 3.53. The summed E-state index contributed by atoms with van der Waals surface area (Å²) in [6.07, 6.45) is 0. The topological polar surface area (TPSA) is 58.6 Å². The average molecular weight is 263 g/mol. The number of carbonyl (C=O) groups is 1. The van der Waals surface area contributed by atoms with Crippen LogP contribution in [0.15, 0.2) is 29.6 Å². The molecular formula is C13H13NO3S. The number of carbonyl (C=O) groups excluding carboxylic acids is 1. The fraction of sp³-hybridized carbons (Fsp3) is 0.154. The predicted molar refractivity (Wildman–Crippen MR) is 71.7 cm³/mol. The summed E-state index contributed by atoms with van der Waals surface area (Å²) >= 11 is 1.29. The molecule has 5 heteroatoms. The molecule has 0 radical (unpaired) electrons. The maximum absolute atomic E-state index is 12.0. The van der Waals surface area contributed by atoms with E-state index in [0.29, 0.717) is 16.3 Å². The number of hydrogen-bond acceptors (Lipinski definition) is 4. The Morgan fingerprint density at radius 1 is 1.39 bits per heavy atom. The molecule has 0 saturated heterocycles. The number of rotatable bonds is 3. The molecule has 2 aromatic rings. The molecule has 18 heavy (non-hydrogen) atoms. The third kappa shape index (κ3) is 2.46. The fourth-order valence-electron chi connectivity index (χ4n) is 1.55. The molecular weight excluding hydrogens is 250 g/mol. The van der Waals surface area contributed by atoms with Gasteiger partial charge in [-0.2, -0.15) is 0 Å². The van der Waals surface area contributed by atoms with E-state index >= 15 is 0 Å². The second-order valence-corrected chi connectivity index (χ2v) is 4.71. The largest absolute Gasteiger partial charge is 0.506 e. The average Bonchev–Trinajstić information content (AvgIpc) is 2.81. The summed E-state index contributed by atoms with van der Waals surface area (Å²) < 4.78 is 5.08. The van der Waals surface area contributed by atoms with E-state index in [1.807, 2.05) is 13.0 Å². The van der Waals surface area contributed by atoms with Gasteiger partial charge in [0.2, 0.25) is 0 Å². The van der Waals surface area contributed by atoms with Gasteiger partial charge in [0, 0.05) is 0 Å². The smallest absolute Gasteiger partial charge is 0.269 e. The molecule has 0 aliphatic carbocycles. The van der Waals surface area contributed by atoms with Gasteiger partial charge in [0.1, 0.15) is 16.4 Å². The minimum atomic E-state index is -0.291. The lowest BCUT2D eigenvalue weighted by molar-refractivity contribution is 0.102. The summed E-state index contributed by atoms with van der Waals surface area (Å²) in [4.78, 5) is 12.5. The number of nitrogens with one attached hydrogen (secondary N) is 1. The maximum Gasteiger partial charge on any atom is 0.269 e. The molecule has 0 atom stereocenters. The summed E-state index contributed by atoms with van der Waals surface area (Å²) in [6, 6.07) is 6.82. The van der Waals surface area contributed by atoms with Gasteiger partial charge in [-0.1, -0.05) is 6.07 Å². The number of benzene rings is 1. The summed E-state index contributed by atoms with van der Waals surface area (Å²) in [5, 5.41) is 14.2. The van der Waals surface area contributed by atoms with Crippen LogP contribution in [0.5, 0.6) is 11.5 Å². The molecule has 1 aromatic heterocycles. The Hall–Kier alpha value is -2.01. The molecule has 0 aliphatic rings. The van der Waals surface area contributed by atoms with Crippen LogP contribution < -0.4 is 10.1 Å². The van der Waals surface area contributed by atoms with Gasteiger partial charge in [-0.25, -0.2) is 0 Å². The van der Waals surface area contributed by atoms with Crippen LogP contribution in [0.2, 0.25) is 0 Å². The van der Waals surface area contributed by atoms with Crippen molar-refractivity contribution in [1.29, 1.82) is 0 Å². The van der Waals surface area contributed by atoms with Gasteiger partial charge < -0.3 is 15.2 Å². The van der Waals surface area contributed by atoms with Crippen molar-refractivity contribution in [2.24, 2.45) is 0 Å². The van der Waals surface area contributed by atoms with Crippen LogP contribution in [0.1, 0.15) is 15.2 Å². The number of aryl methyl sites for hydroxylation is 1. The molecule has 94 valence electrons. The van der Waals surface area contributed by atoms with E-state index < -0.39 is 0 Å². The highest BCUT2D eigenvalue weighted by Gasteiger charge is 2.15. The van der Waals surface area contributed by atoms with Crippen molar-refractivity contribution in [3.63, 3.8) is 0 Å². The highest BCUT2D eigenvalue weighted by Crippen LogP contribution is 2.28. The molecule has 0 fully saturated rings. The molecule has 0 unspecified atom stereocenters. The third-order valence-corrected chi connectivity index (χ3v) is 3.35. The zero-order valence-electron chi connectivity index (χ0n) is 10.1. The first kappa shape index (κ1) is 12.4. The monoisotopic (exact) mass is 263 g/mol. The van der Waals surface area contributed by atoms with Crippen LogP contribution in [0.25, 0.3) is 0 Å². The van der Waals surface area contributed by atoms with E-state index in [1.54, 1.807) is 23.6 Å². The van der Waals surface area contributed by atoms with E-state index in [4.69, 9.17) is 4.74 Å². The van der Waals surface area contributed by atoms with Crippen molar-refractivity contribution in [2.75, 3.05) is 12.4 Å². The maximum atomic E-state index is 12.0. The normalized spacial score (nSPS) is 10.1. The van der Waals surface area contributed by atoms with Crippen LogP contribution in [-0.2, 0) is 0 Å². The molecule has 0 spiro atoms. The molecule has 1 heterocycles. The van der Waals surface area contributed by atoms with Crippen LogP contribution in [0.4, 0.5) is 5.69 Å². The number of amides is 1. The van der Waals surface area contributed by atoms with Crippen molar-refractivity contribution in [3.8, 4) is 11.5 Å². The van der Waals surface area contributed by atoms with Crippen molar-refractivity contribution >= 4 is 22.9 Å². The first-order valence-corrected chi connectivity index (χ1v) is 6.22. The minimum Gasteiger partial charge on any atom is -0.506 e. The quantitative estimate of drug-likeness (QED) is 0.837. The van der Waals surface area contributed by atoms with Gasteiger partial charge in [-0.15, -0.1) is 11.3 Å². The second kappa shape index (κ2) is 5.10. The Morgan fingerprint density at radius 3 is 2.83 bits per heavy atom. The van der Waals surface area contributed by atoms with Gasteiger partial charge in [-0.05, 0) is 36.1 Å². The second-order valence-electron chi connectivity index (χ2n) is 3.79. The predicted octanol–water partition coefficient (Wildman–Crippen LogP) is 3.02. The van der Waals surface area contributed by atoms with Crippen molar-refractivity contribution < 1.29 is 14.6 Å². The number of phenolic OH excluding ortho intramolecular Hbond substituents is 1. The number of thiophene rings is 1. The summed E-state index contributed by atoms with van der Waals surface area (Å²) in [5.41, 5.74) is 1.32. The molecule has 1 aromatic carbocycles. The number of phenols is 1. The lowest BCUT2D eigenvalue weighted by Gasteiger charge is -2.08. The van der Waals surface area contributed by atoms with Gasteiger partial charge in [-0.3, -0.25) is 4.79 Å². The number of hydrogen-bond donors (Lipinski definition) is 2. The first-order valence-electron chi connectivity index (χ1n) is 5.34. The fourth-order valence-corrected chi connectivity index (χ4v) is 2.30. The van der Waals surface area contributed by atoms with E-state index in [1.165, 1.54) is 18.4 Å². The van der Waals surface area contributed by atoms with Crippen LogP contribution >= 0.6 is 11.3 Å². The van der Waals surface area contributed by atoms with Crippen LogP contribution in [0.3, 0.4) is 0 Å². The summed E-state index contributed by atoms with van der Waals surface area (Å²) in [5.74, 6) is 0.295. The molecule has 0 aliphatic heterocycles. The van der Waals surface area contributed by atoms with Gasteiger partial charge in [0.05, 0.1) is 12.8 Å². The van der Waals surface area contributed by atoms with Crippen molar-refractivity contribution in [3.05, 3.63) is 40.1 Å². The molecule has 4 nitrogen and oxygen atoms in total. The highest BCUT2D eigenvalue weighted by molar-refractivity contribution is 7.12.